The molecule has 7 heteroatoms. The predicted octanol–water partition coefficient (Wildman–Crippen LogP) is 0.716. The van der Waals surface area contributed by atoms with E-state index < -0.39 is 23.2 Å². The van der Waals surface area contributed by atoms with E-state index in [-0.39, 0.29) is 6.61 Å². The van der Waals surface area contributed by atoms with Gasteiger partial charge in [0.25, 0.3) is 5.97 Å². The van der Waals surface area contributed by atoms with Crippen molar-refractivity contribution in [3.63, 3.8) is 0 Å². The van der Waals surface area contributed by atoms with Crippen LogP contribution in [0.25, 0.3) is 0 Å². The molecule has 20 heavy (non-hydrogen) atoms. The number of ether oxygens (including phenoxy) is 1. The Balaban J connectivity index is 0.000000796. The fraction of sp³-hybridized carbons (Fsp3) is 0.846. The Morgan fingerprint density at radius 1 is 1.30 bits per heavy atom. The van der Waals surface area contributed by atoms with Crippen LogP contribution in [0.15, 0.2) is 0 Å². The Kier molecular flexibility index (Phi) is 7.52. The third-order valence-corrected chi connectivity index (χ3v) is 2.63. The van der Waals surface area contributed by atoms with Crippen molar-refractivity contribution in [2.75, 3.05) is 19.7 Å². The minimum Gasteiger partial charge on any atom is -0.481 e. The summed E-state index contributed by atoms with van der Waals surface area (Å²) in [5.41, 5.74) is -1.03. The number of hydrogen-bond acceptors (Lipinski definition) is 5. The number of aliphatic hydroxyl groups excluding tert-OH is 1. The molecule has 0 atom stereocenters. The molecule has 1 rings (SSSR count). The van der Waals surface area contributed by atoms with Crippen molar-refractivity contribution in [3.8, 4) is 0 Å². The van der Waals surface area contributed by atoms with Crippen LogP contribution < -0.4 is 10.6 Å². The number of carbonyl (C=O) groups is 2. The van der Waals surface area contributed by atoms with Gasteiger partial charge in [0.05, 0.1) is 12.1 Å². The largest absolute Gasteiger partial charge is 0.481 e. The lowest BCUT2D eigenvalue weighted by atomic mass is 9.89. The van der Waals surface area contributed by atoms with E-state index in [0.717, 1.165) is 32.9 Å². The second-order valence-electron chi connectivity index (χ2n) is 5.83. The van der Waals surface area contributed by atoms with Crippen LogP contribution in [0.3, 0.4) is 0 Å². The van der Waals surface area contributed by atoms with Crippen molar-refractivity contribution in [1.29, 1.82) is 0 Å². The van der Waals surface area contributed by atoms with Crippen molar-refractivity contribution in [1.82, 2.24) is 10.6 Å². The summed E-state index contributed by atoms with van der Waals surface area (Å²) in [6.45, 7) is 8.10. The highest BCUT2D eigenvalue weighted by Gasteiger charge is 2.34. The van der Waals surface area contributed by atoms with Crippen molar-refractivity contribution < 1.29 is 24.5 Å². The fourth-order valence-corrected chi connectivity index (χ4v) is 1.75. The van der Waals surface area contributed by atoms with Crippen LogP contribution in [0.5, 0.6) is 0 Å². The molecule has 1 aliphatic heterocycles. The molecular formula is C13H26N2O5. The molecule has 0 saturated carbocycles. The first kappa shape index (κ1) is 18.7. The van der Waals surface area contributed by atoms with Gasteiger partial charge in [-0.25, -0.2) is 4.79 Å². The van der Waals surface area contributed by atoms with Crippen LogP contribution >= 0.6 is 0 Å². The van der Waals surface area contributed by atoms with E-state index in [4.69, 9.17) is 14.6 Å². The van der Waals surface area contributed by atoms with E-state index in [0.29, 0.717) is 0 Å². The number of carboxylic acid groups (broad SMARTS) is 1. The first-order valence-corrected chi connectivity index (χ1v) is 6.62. The van der Waals surface area contributed by atoms with Gasteiger partial charge in [-0.1, -0.05) is 0 Å². The molecule has 0 radical (unpaired) electrons. The Morgan fingerprint density at radius 3 is 2.10 bits per heavy atom. The number of aliphatic carboxylic acids is 1. The number of carboxylic acids is 1. The smallest absolute Gasteiger partial charge is 0.408 e. The zero-order chi connectivity index (χ0) is 15.8. The van der Waals surface area contributed by atoms with Crippen molar-refractivity contribution in [2.45, 2.75) is 51.7 Å². The zero-order valence-corrected chi connectivity index (χ0v) is 12.7. The average Bonchev–Trinajstić information content (AvgIpc) is 2.26. The molecule has 1 fully saturated rings. The molecule has 1 saturated heterocycles. The van der Waals surface area contributed by atoms with Crippen LogP contribution in [-0.4, -0.2) is 53.1 Å². The Hall–Kier alpha value is -1.34. The summed E-state index contributed by atoms with van der Waals surface area (Å²) in [5, 5.41) is 22.8. The number of amides is 1. The summed E-state index contributed by atoms with van der Waals surface area (Å²) < 4.78 is 5.19. The van der Waals surface area contributed by atoms with Crippen LogP contribution in [-0.2, 0) is 9.53 Å². The quantitative estimate of drug-likeness (QED) is 0.597. The van der Waals surface area contributed by atoms with Crippen molar-refractivity contribution in [3.05, 3.63) is 0 Å². The topological polar surface area (TPSA) is 108 Å². The number of piperidine rings is 1. The highest BCUT2D eigenvalue weighted by molar-refractivity contribution is 5.68. The molecule has 0 aliphatic carbocycles. The summed E-state index contributed by atoms with van der Waals surface area (Å²) in [4.78, 5) is 20.6. The highest BCUT2D eigenvalue weighted by Crippen LogP contribution is 2.18. The summed E-state index contributed by atoms with van der Waals surface area (Å²) in [6, 6.07) is 0. The lowest BCUT2D eigenvalue weighted by Crippen LogP contribution is -2.57. The second-order valence-corrected chi connectivity index (χ2v) is 5.83. The Morgan fingerprint density at radius 2 is 1.75 bits per heavy atom. The molecule has 0 spiro atoms. The van der Waals surface area contributed by atoms with Gasteiger partial charge in [0.15, 0.2) is 0 Å². The molecule has 7 nitrogen and oxygen atoms in total. The first-order chi connectivity index (χ1) is 9.10. The molecule has 0 aromatic rings. The molecular weight excluding hydrogens is 264 g/mol. The standard InChI is InChI=1S/C11H22N2O3.C2H4O2/c1-10(2,3)16-9(15)13-11(8-14)4-6-12-7-5-11;1-2(3)4/h12,14H,4-8H2,1-3H3,(H,13,15);1H3,(H,3,4). The first-order valence-electron chi connectivity index (χ1n) is 6.62. The molecule has 1 aliphatic rings. The van der Waals surface area contributed by atoms with E-state index in [1.807, 2.05) is 20.8 Å². The number of aliphatic hydroxyl groups is 1. The van der Waals surface area contributed by atoms with Crippen LogP contribution in [0, 0.1) is 0 Å². The van der Waals surface area contributed by atoms with E-state index in [9.17, 15) is 9.90 Å². The SMILES string of the molecule is CC(=O)O.CC(C)(C)OC(=O)NC1(CO)CCNCC1. The lowest BCUT2D eigenvalue weighted by molar-refractivity contribution is -0.134. The maximum atomic E-state index is 11.6. The van der Waals surface area contributed by atoms with Gasteiger partial charge >= 0.3 is 6.09 Å². The maximum Gasteiger partial charge on any atom is 0.408 e. The van der Waals surface area contributed by atoms with Crippen LogP contribution in [0.2, 0.25) is 0 Å². The summed E-state index contributed by atoms with van der Waals surface area (Å²) in [5.74, 6) is -0.833. The van der Waals surface area contributed by atoms with Gasteiger partial charge in [-0.15, -0.1) is 0 Å². The van der Waals surface area contributed by atoms with Crippen molar-refractivity contribution >= 4 is 12.1 Å². The number of nitrogens with one attached hydrogen (secondary N) is 2. The van der Waals surface area contributed by atoms with Gasteiger partial charge in [-0.3, -0.25) is 4.79 Å². The second kappa shape index (κ2) is 8.06. The summed E-state index contributed by atoms with van der Waals surface area (Å²) in [6.07, 6.45) is 0.995. The van der Waals surface area contributed by atoms with Gasteiger partial charge in [0, 0.05) is 6.92 Å². The fourth-order valence-electron chi connectivity index (χ4n) is 1.75. The van der Waals surface area contributed by atoms with Gasteiger partial charge in [-0.2, -0.15) is 0 Å². The molecule has 4 N–H and O–H groups in total. The maximum absolute atomic E-state index is 11.6. The monoisotopic (exact) mass is 290 g/mol. The minimum atomic E-state index is -0.833. The molecule has 1 heterocycles. The average molecular weight is 290 g/mol. The number of rotatable bonds is 2. The van der Waals surface area contributed by atoms with Crippen molar-refractivity contribution in [2.24, 2.45) is 0 Å². The normalized spacial score (nSPS) is 17.4. The molecule has 118 valence electrons. The Labute approximate surface area is 119 Å². The number of hydrogen-bond donors (Lipinski definition) is 4. The van der Waals surface area contributed by atoms with E-state index >= 15 is 0 Å². The minimum absolute atomic E-state index is 0.0477. The number of alkyl carbamates (subject to hydrolysis) is 1. The third kappa shape index (κ3) is 8.71. The molecule has 0 aromatic heterocycles. The molecule has 1 amide bonds. The molecule has 0 bridgehead atoms. The van der Waals surface area contributed by atoms with Gasteiger partial charge in [0.1, 0.15) is 5.60 Å². The van der Waals surface area contributed by atoms with E-state index in [1.54, 1.807) is 0 Å². The van der Waals surface area contributed by atoms with Gasteiger partial charge < -0.3 is 25.6 Å². The predicted molar refractivity (Wildman–Crippen MR) is 74.6 cm³/mol. The third-order valence-electron chi connectivity index (χ3n) is 2.63. The zero-order valence-electron chi connectivity index (χ0n) is 12.7. The summed E-state index contributed by atoms with van der Waals surface area (Å²) >= 11 is 0. The molecule has 0 aromatic carbocycles. The van der Waals surface area contributed by atoms with Gasteiger partial charge in [0.2, 0.25) is 0 Å². The van der Waals surface area contributed by atoms with Crippen LogP contribution in [0.1, 0.15) is 40.5 Å². The van der Waals surface area contributed by atoms with E-state index in [1.165, 1.54) is 0 Å². The lowest BCUT2D eigenvalue weighted by Gasteiger charge is -2.37. The Bertz CT molecular complexity index is 315. The van der Waals surface area contributed by atoms with Crippen LogP contribution in [0.4, 0.5) is 4.79 Å². The number of carbonyl (C=O) groups excluding carboxylic acids is 1. The van der Waals surface area contributed by atoms with E-state index in [2.05, 4.69) is 10.6 Å². The highest BCUT2D eigenvalue weighted by atomic mass is 16.6. The molecule has 0 unspecified atom stereocenters. The van der Waals surface area contributed by atoms with Gasteiger partial charge in [-0.05, 0) is 46.7 Å². The summed E-state index contributed by atoms with van der Waals surface area (Å²) in [7, 11) is 0.